The standard InChI is InChI=1S/C18H12N2S2/c1-11-9-13-16(10-14(11)20-8-4-7-19-20)22-18-17(13)12-5-2-3-6-15(12)21-18/h2-10H,1H3. The SMILES string of the molecule is Cc1cc2c(cc1-n1cccn1)sc1sc3ccccc3c12. The van der Waals surface area contributed by atoms with Gasteiger partial charge in [-0.05, 0) is 36.8 Å². The molecule has 0 atom stereocenters. The van der Waals surface area contributed by atoms with Crippen LogP contribution in [0.2, 0.25) is 0 Å². The summed E-state index contributed by atoms with van der Waals surface area (Å²) < 4.78 is 6.07. The van der Waals surface area contributed by atoms with E-state index in [1.54, 1.807) is 0 Å². The first kappa shape index (κ1) is 12.4. The summed E-state index contributed by atoms with van der Waals surface area (Å²) in [6.07, 6.45) is 3.82. The van der Waals surface area contributed by atoms with Gasteiger partial charge in [0.15, 0.2) is 0 Å². The van der Waals surface area contributed by atoms with Crippen molar-refractivity contribution in [1.82, 2.24) is 9.78 Å². The first-order valence-corrected chi connectivity index (χ1v) is 8.79. The van der Waals surface area contributed by atoms with Crippen molar-refractivity contribution in [3.63, 3.8) is 0 Å². The van der Waals surface area contributed by atoms with Crippen LogP contribution < -0.4 is 0 Å². The van der Waals surface area contributed by atoms with Gasteiger partial charge in [0.2, 0.25) is 0 Å². The Morgan fingerprint density at radius 3 is 2.68 bits per heavy atom. The van der Waals surface area contributed by atoms with E-state index in [1.165, 1.54) is 35.1 Å². The molecule has 0 amide bonds. The second-order valence-corrected chi connectivity index (χ2v) is 7.81. The highest BCUT2D eigenvalue weighted by atomic mass is 32.2. The molecule has 106 valence electrons. The van der Waals surface area contributed by atoms with Crippen LogP contribution in [0.4, 0.5) is 0 Å². The Bertz CT molecular complexity index is 1130. The van der Waals surface area contributed by atoms with Crippen LogP contribution in [0.25, 0.3) is 35.3 Å². The molecule has 22 heavy (non-hydrogen) atoms. The van der Waals surface area contributed by atoms with Crippen LogP contribution in [-0.4, -0.2) is 9.78 Å². The third-order valence-electron chi connectivity index (χ3n) is 4.08. The molecule has 0 saturated heterocycles. The fourth-order valence-corrected chi connectivity index (χ4v) is 5.68. The number of aromatic nitrogens is 2. The molecule has 0 aliphatic heterocycles. The highest BCUT2D eigenvalue weighted by molar-refractivity contribution is 7.44. The first-order valence-electron chi connectivity index (χ1n) is 7.16. The van der Waals surface area contributed by atoms with Crippen molar-refractivity contribution in [2.24, 2.45) is 0 Å². The number of nitrogens with zero attached hydrogens (tertiary/aromatic N) is 2. The maximum atomic E-state index is 4.37. The van der Waals surface area contributed by atoms with Gasteiger partial charge < -0.3 is 0 Å². The van der Waals surface area contributed by atoms with E-state index >= 15 is 0 Å². The molecule has 0 saturated carbocycles. The summed E-state index contributed by atoms with van der Waals surface area (Å²) in [5, 5.41) is 8.52. The number of rotatable bonds is 1. The molecule has 0 bridgehead atoms. The Morgan fingerprint density at radius 1 is 0.955 bits per heavy atom. The maximum absolute atomic E-state index is 4.37. The molecule has 5 aromatic rings. The lowest BCUT2D eigenvalue weighted by atomic mass is 10.1. The van der Waals surface area contributed by atoms with Crippen molar-refractivity contribution in [2.75, 3.05) is 0 Å². The molecule has 4 heteroatoms. The second-order valence-electron chi connectivity index (χ2n) is 5.45. The number of benzene rings is 2. The van der Waals surface area contributed by atoms with Gasteiger partial charge in [0.05, 0.1) is 9.70 Å². The lowest BCUT2D eigenvalue weighted by Crippen LogP contribution is -1.96. The summed E-state index contributed by atoms with van der Waals surface area (Å²) >= 11 is 3.78. The van der Waals surface area contributed by atoms with Crippen LogP contribution in [-0.2, 0) is 0 Å². The van der Waals surface area contributed by atoms with Crippen molar-refractivity contribution in [1.29, 1.82) is 0 Å². The van der Waals surface area contributed by atoms with Crippen LogP contribution in [0.3, 0.4) is 0 Å². The summed E-state index contributed by atoms with van der Waals surface area (Å²) in [7, 11) is 0. The molecular weight excluding hydrogens is 308 g/mol. The first-order chi connectivity index (χ1) is 10.8. The fraction of sp³-hybridized carbons (Fsp3) is 0.0556. The highest BCUT2D eigenvalue weighted by Gasteiger charge is 2.14. The van der Waals surface area contributed by atoms with Crippen molar-refractivity contribution >= 4 is 52.2 Å². The Labute approximate surface area is 135 Å². The van der Waals surface area contributed by atoms with E-state index in [4.69, 9.17) is 0 Å². The maximum Gasteiger partial charge on any atom is 0.0890 e. The third-order valence-corrected chi connectivity index (χ3v) is 6.50. The van der Waals surface area contributed by atoms with Gasteiger partial charge in [-0.1, -0.05) is 18.2 Å². The molecule has 5 rings (SSSR count). The zero-order chi connectivity index (χ0) is 14.7. The van der Waals surface area contributed by atoms with E-state index in [0.29, 0.717) is 0 Å². The van der Waals surface area contributed by atoms with E-state index < -0.39 is 0 Å². The fourth-order valence-electron chi connectivity index (χ4n) is 3.07. The molecule has 0 radical (unpaired) electrons. The molecule has 3 aromatic heterocycles. The van der Waals surface area contributed by atoms with E-state index in [0.717, 1.165) is 5.69 Å². The predicted octanol–water partition coefficient (Wildman–Crippen LogP) is 5.76. The van der Waals surface area contributed by atoms with Crippen molar-refractivity contribution in [3.8, 4) is 5.69 Å². The quantitative estimate of drug-likeness (QED) is 0.384. The minimum absolute atomic E-state index is 1.16. The monoisotopic (exact) mass is 320 g/mol. The predicted molar refractivity (Wildman–Crippen MR) is 96.6 cm³/mol. The molecule has 3 heterocycles. The zero-order valence-corrected chi connectivity index (χ0v) is 13.5. The van der Waals surface area contributed by atoms with Crippen LogP contribution >= 0.6 is 22.7 Å². The van der Waals surface area contributed by atoms with Gasteiger partial charge in [-0.15, -0.1) is 22.7 Å². The van der Waals surface area contributed by atoms with E-state index in [9.17, 15) is 0 Å². The highest BCUT2D eigenvalue weighted by Crippen LogP contribution is 2.44. The number of hydrogen-bond donors (Lipinski definition) is 0. The minimum atomic E-state index is 1.16. The van der Waals surface area contributed by atoms with Crippen LogP contribution in [0.15, 0.2) is 54.9 Å². The van der Waals surface area contributed by atoms with Crippen molar-refractivity contribution in [2.45, 2.75) is 6.92 Å². The van der Waals surface area contributed by atoms with Crippen molar-refractivity contribution in [3.05, 3.63) is 60.4 Å². The molecule has 2 aromatic carbocycles. The number of thiophene rings is 2. The lowest BCUT2D eigenvalue weighted by Gasteiger charge is -2.06. The Kier molecular flexibility index (Phi) is 2.48. The molecular formula is C18H12N2S2. The van der Waals surface area contributed by atoms with E-state index in [2.05, 4.69) is 48.4 Å². The average molecular weight is 320 g/mol. The largest absolute Gasteiger partial charge is 0.241 e. The van der Waals surface area contributed by atoms with Crippen LogP contribution in [0.5, 0.6) is 0 Å². The van der Waals surface area contributed by atoms with E-state index in [-0.39, 0.29) is 0 Å². The summed E-state index contributed by atoms with van der Waals surface area (Å²) in [5.74, 6) is 0. The molecule has 0 aliphatic rings. The molecule has 0 unspecified atom stereocenters. The van der Waals surface area contributed by atoms with Gasteiger partial charge in [-0.3, -0.25) is 0 Å². The molecule has 2 nitrogen and oxygen atoms in total. The number of aryl methyl sites for hydroxylation is 1. The Morgan fingerprint density at radius 2 is 1.82 bits per heavy atom. The second kappa shape index (κ2) is 4.41. The van der Waals surface area contributed by atoms with Gasteiger partial charge in [0.25, 0.3) is 0 Å². The Hall–Kier alpha value is -2.17. The Balaban J connectivity index is 1.90. The smallest absolute Gasteiger partial charge is 0.0890 e. The van der Waals surface area contributed by atoms with Gasteiger partial charge in [0.1, 0.15) is 0 Å². The van der Waals surface area contributed by atoms with Gasteiger partial charge >= 0.3 is 0 Å². The van der Waals surface area contributed by atoms with Crippen molar-refractivity contribution < 1.29 is 0 Å². The summed E-state index contributed by atoms with van der Waals surface area (Å²) in [6, 6.07) is 15.2. The summed E-state index contributed by atoms with van der Waals surface area (Å²) in [5.41, 5.74) is 2.42. The van der Waals surface area contributed by atoms with Crippen LogP contribution in [0, 0.1) is 6.92 Å². The minimum Gasteiger partial charge on any atom is -0.241 e. The summed E-state index contributed by atoms with van der Waals surface area (Å²) in [4.78, 5) is 0. The number of fused-ring (bicyclic) bond motifs is 5. The normalized spacial score (nSPS) is 11.9. The molecule has 0 fully saturated rings. The average Bonchev–Trinajstić information content (AvgIpc) is 3.21. The van der Waals surface area contributed by atoms with Gasteiger partial charge in [-0.2, -0.15) is 5.10 Å². The molecule has 0 aliphatic carbocycles. The third kappa shape index (κ3) is 1.62. The molecule has 0 spiro atoms. The van der Waals surface area contributed by atoms with E-state index in [1.807, 2.05) is 45.8 Å². The van der Waals surface area contributed by atoms with Gasteiger partial charge in [0, 0.05) is 38.0 Å². The zero-order valence-electron chi connectivity index (χ0n) is 11.9. The topological polar surface area (TPSA) is 17.8 Å². The van der Waals surface area contributed by atoms with Gasteiger partial charge in [-0.25, -0.2) is 4.68 Å². The molecule has 0 N–H and O–H groups in total. The van der Waals surface area contributed by atoms with Crippen LogP contribution in [0.1, 0.15) is 5.56 Å². The summed E-state index contributed by atoms with van der Waals surface area (Å²) in [6.45, 7) is 2.16. The number of hydrogen-bond acceptors (Lipinski definition) is 3. The lowest BCUT2D eigenvalue weighted by molar-refractivity contribution is 0.875.